The third-order valence-corrected chi connectivity index (χ3v) is 5.18. The number of rotatable bonds is 4. The molecule has 2 heterocycles. The van der Waals surface area contributed by atoms with Gasteiger partial charge in [-0.15, -0.1) is 0 Å². The van der Waals surface area contributed by atoms with E-state index in [-0.39, 0.29) is 5.56 Å². The lowest BCUT2D eigenvalue weighted by molar-refractivity contribution is -0.133. The van der Waals surface area contributed by atoms with Gasteiger partial charge in [0, 0.05) is 0 Å². The lowest BCUT2D eigenvalue weighted by Crippen LogP contribution is -2.42. The van der Waals surface area contributed by atoms with Gasteiger partial charge in [0.05, 0.1) is 17.4 Å². The van der Waals surface area contributed by atoms with E-state index in [0.29, 0.717) is 16.7 Å². The van der Waals surface area contributed by atoms with Crippen molar-refractivity contribution in [2.75, 3.05) is 11.9 Å². The number of benzene rings is 2. The van der Waals surface area contributed by atoms with E-state index < -0.39 is 41.6 Å². The van der Waals surface area contributed by atoms with E-state index in [1.807, 2.05) is 0 Å². The van der Waals surface area contributed by atoms with Crippen molar-refractivity contribution in [2.24, 2.45) is 0 Å². The van der Waals surface area contributed by atoms with Crippen LogP contribution in [0.3, 0.4) is 0 Å². The zero-order chi connectivity index (χ0) is 20.8. The Hall–Kier alpha value is -3.47. The average Bonchev–Trinajstić information content (AvgIpc) is 3.24. The Bertz CT molecular complexity index is 1170. The molecule has 0 spiro atoms. The number of hydrogen-bond acceptors (Lipinski definition) is 6. The molecule has 148 valence electrons. The van der Waals surface area contributed by atoms with E-state index in [9.17, 15) is 23.2 Å². The van der Waals surface area contributed by atoms with E-state index in [4.69, 9.17) is 0 Å². The third-order valence-electron chi connectivity index (χ3n) is 4.63. The number of urea groups is 1. The van der Waals surface area contributed by atoms with E-state index in [1.165, 1.54) is 13.0 Å². The summed E-state index contributed by atoms with van der Waals surface area (Å²) < 4.78 is 35.0. The first kappa shape index (κ1) is 18.9. The molecule has 0 bridgehead atoms. The number of amides is 4. The zero-order valence-corrected chi connectivity index (χ0v) is 15.7. The van der Waals surface area contributed by atoms with Crippen LogP contribution in [0.4, 0.5) is 19.3 Å². The molecule has 2 N–H and O–H groups in total. The standard InChI is InChI=1S/C18H13F2N5O3S/c1-18(9-5-6-10(19)11(20)7-9)16(27)25(17(28)22-18)8-14(26)21-12-3-2-4-13-15(12)24-29-23-13/h2-7H,8H2,1H3,(H,21,26)(H,22,28). The summed E-state index contributed by atoms with van der Waals surface area (Å²) in [4.78, 5) is 38.3. The molecular formula is C18H13F2N5O3S. The molecule has 1 aliphatic rings. The molecule has 1 atom stereocenters. The first-order chi connectivity index (χ1) is 13.8. The van der Waals surface area contributed by atoms with Crippen LogP contribution in [0.2, 0.25) is 0 Å². The van der Waals surface area contributed by atoms with Crippen molar-refractivity contribution in [3.8, 4) is 0 Å². The number of nitrogens with one attached hydrogen (secondary N) is 2. The van der Waals surface area contributed by atoms with Gasteiger partial charge in [0.2, 0.25) is 5.91 Å². The number of anilines is 1. The van der Waals surface area contributed by atoms with Crippen molar-refractivity contribution in [1.29, 1.82) is 0 Å². The van der Waals surface area contributed by atoms with Gasteiger partial charge in [0.25, 0.3) is 5.91 Å². The smallest absolute Gasteiger partial charge is 0.323 e. The molecule has 1 fully saturated rings. The largest absolute Gasteiger partial charge is 0.325 e. The van der Waals surface area contributed by atoms with Gasteiger partial charge in [0.15, 0.2) is 11.6 Å². The summed E-state index contributed by atoms with van der Waals surface area (Å²) in [5.74, 6) is -3.59. The van der Waals surface area contributed by atoms with Crippen LogP contribution in [0.1, 0.15) is 12.5 Å². The minimum absolute atomic E-state index is 0.0657. The van der Waals surface area contributed by atoms with Crippen LogP contribution in [0.25, 0.3) is 11.0 Å². The summed E-state index contributed by atoms with van der Waals surface area (Å²) in [6.45, 7) is 0.803. The molecule has 0 radical (unpaired) electrons. The Morgan fingerprint density at radius 1 is 1.21 bits per heavy atom. The fraction of sp³-hybridized carbons (Fsp3) is 0.167. The van der Waals surface area contributed by atoms with Gasteiger partial charge in [0.1, 0.15) is 23.1 Å². The second-order valence-electron chi connectivity index (χ2n) is 6.56. The average molecular weight is 417 g/mol. The van der Waals surface area contributed by atoms with Gasteiger partial charge in [-0.2, -0.15) is 8.75 Å². The number of halogens is 2. The fourth-order valence-corrected chi connectivity index (χ4v) is 3.63. The second kappa shape index (κ2) is 6.85. The zero-order valence-electron chi connectivity index (χ0n) is 14.9. The van der Waals surface area contributed by atoms with Gasteiger partial charge >= 0.3 is 6.03 Å². The summed E-state index contributed by atoms with van der Waals surface area (Å²) in [7, 11) is 0. The summed E-state index contributed by atoms with van der Waals surface area (Å²) in [5.41, 5.74) is -0.0545. The number of hydrogen-bond donors (Lipinski definition) is 2. The van der Waals surface area contributed by atoms with E-state index in [2.05, 4.69) is 19.4 Å². The summed E-state index contributed by atoms with van der Waals surface area (Å²) in [6, 6.07) is 7.15. The molecule has 4 rings (SSSR count). The molecule has 11 heteroatoms. The normalized spacial score (nSPS) is 18.9. The molecule has 29 heavy (non-hydrogen) atoms. The Labute approximate surface area is 166 Å². The van der Waals surface area contributed by atoms with Crippen LogP contribution in [0, 0.1) is 11.6 Å². The summed E-state index contributed by atoms with van der Waals surface area (Å²) in [5, 5.41) is 5.04. The number of fused-ring (bicyclic) bond motifs is 1. The van der Waals surface area contributed by atoms with Crippen LogP contribution >= 0.6 is 11.7 Å². The van der Waals surface area contributed by atoms with Crippen molar-refractivity contribution < 1.29 is 23.2 Å². The fourth-order valence-electron chi connectivity index (χ4n) is 3.08. The van der Waals surface area contributed by atoms with E-state index >= 15 is 0 Å². The third kappa shape index (κ3) is 3.18. The predicted octanol–water partition coefficient (Wildman–Crippen LogP) is 2.38. The molecule has 4 amide bonds. The number of carbonyl (C=O) groups is 3. The monoisotopic (exact) mass is 417 g/mol. The highest BCUT2D eigenvalue weighted by atomic mass is 32.1. The van der Waals surface area contributed by atoms with Gasteiger partial charge in [-0.05, 0) is 36.8 Å². The van der Waals surface area contributed by atoms with Crippen LogP contribution in [0.5, 0.6) is 0 Å². The molecule has 2 aromatic carbocycles. The van der Waals surface area contributed by atoms with E-state index in [0.717, 1.165) is 28.8 Å². The van der Waals surface area contributed by atoms with Gasteiger partial charge in [-0.1, -0.05) is 12.1 Å². The quantitative estimate of drug-likeness (QED) is 0.635. The Morgan fingerprint density at radius 2 is 2.00 bits per heavy atom. The molecule has 1 unspecified atom stereocenters. The van der Waals surface area contributed by atoms with Crippen LogP contribution < -0.4 is 10.6 Å². The molecule has 0 aliphatic carbocycles. The molecular weight excluding hydrogens is 404 g/mol. The highest BCUT2D eigenvalue weighted by Crippen LogP contribution is 2.30. The van der Waals surface area contributed by atoms with Crippen molar-refractivity contribution in [1.82, 2.24) is 19.0 Å². The predicted molar refractivity (Wildman–Crippen MR) is 100.0 cm³/mol. The minimum Gasteiger partial charge on any atom is -0.323 e. The topological polar surface area (TPSA) is 104 Å². The Morgan fingerprint density at radius 3 is 2.76 bits per heavy atom. The maximum Gasteiger partial charge on any atom is 0.325 e. The van der Waals surface area contributed by atoms with E-state index in [1.54, 1.807) is 18.2 Å². The number of aromatic nitrogens is 2. The van der Waals surface area contributed by atoms with Crippen molar-refractivity contribution in [2.45, 2.75) is 12.5 Å². The lowest BCUT2D eigenvalue weighted by Gasteiger charge is -2.22. The van der Waals surface area contributed by atoms with Crippen molar-refractivity contribution in [3.63, 3.8) is 0 Å². The van der Waals surface area contributed by atoms with Gasteiger partial charge < -0.3 is 10.6 Å². The van der Waals surface area contributed by atoms with Crippen molar-refractivity contribution >= 4 is 46.3 Å². The molecule has 8 nitrogen and oxygen atoms in total. The molecule has 3 aromatic rings. The minimum atomic E-state index is -1.62. The number of carbonyl (C=O) groups excluding carboxylic acids is 3. The van der Waals surface area contributed by atoms with Gasteiger partial charge in [-0.3, -0.25) is 14.5 Å². The lowest BCUT2D eigenvalue weighted by atomic mass is 9.92. The first-order valence-corrected chi connectivity index (χ1v) is 9.13. The highest BCUT2D eigenvalue weighted by molar-refractivity contribution is 7.00. The maximum absolute atomic E-state index is 13.6. The molecule has 0 saturated carbocycles. The number of nitrogens with zero attached hydrogens (tertiary/aromatic N) is 3. The Kier molecular flexibility index (Phi) is 4.46. The Balaban J connectivity index is 1.54. The SMILES string of the molecule is CC1(c2ccc(F)c(F)c2)NC(=O)N(CC(=O)Nc2cccc3nsnc23)C1=O. The van der Waals surface area contributed by atoms with Gasteiger partial charge in [-0.25, -0.2) is 13.6 Å². The van der Waals surface area contributed by atoms with Crippen molar-refractivity contribution in [3.05, 3.63) is 53.6 Å². The van der Waals surface area contributed by atoms with Crippen LogP contribution in [0.15, 0.2) is 36.4 Å². The second-order valence-corrected chi connectivity index (χ2v) is 7.09. The van der Waals surface area contributed by atoms with Crippen LogP contribution in [-0.2, 0) is 15.1 Å². The maximum atomic E-state index is 13.6. The molecule has 1 saturated heterocycles. The van der Waals surface area contributed by atoms with Crippen LogP contribution in [-0.4, -0.2) is 38.0 Å². The number of imide groups is 1. The summed E-state index contributed by atoms with van der Waals surface area (Å²) >= 11 is 0.990. The first-order valence-electron chi connectivity index (χ1n) is 8.40. The highest BCUT2D eigenvalue weighted by Gasteiger charge is 2.49. The molecule has 1 aliphatic heterocycles. The summed E-state index contributed by atoms with van der Waals surface area (Å²) in [6.07, 6.45) is 0. The molecule has 1 aromatic heterocycles.